The lowest BCUT2D eigenvalue weighted by atomic mass is 10.3. The average Bonchev–Trinajstić information content (AvgIpc) is 2.81. The molecular formula is C11H15N5O2. The van der Waals surface area contributed by atoms with E-state index in [2.05, 4.69) is 25.8 Å². The number of nitrogens with one attached hydrogen (secondary N) is 2. The van der Waals surface area contributed by atoms with Crippen LogP contribution >= 0.6 is 0 Å². The zero-order valence-corrected chi connectivity index (χ0v) is 10.5. The van der Waals surface area contributed by atoms with Crippen molar-refractivity contribution in [3.63, 3.8) is 0 Å². The lowest BCUT2D eigenvalue weighted by Crippen LogP contribution is -2.06. The molecule has 2 aromatic rings. The molecule has 96 valence electrons. The molecule has 18 heavy (non-hydrogen) atoms. The molecule has 0 aliphatic heterocycles. The maximum atomic E-state index is 5.27. The third-order valence-electron chi connectivity index (χ3n) is 2.36. The molecule has 0 amide bonds. The number of hydrogen-bond donors (Lipinski definition) is 2. The summed E-state index contributed by atoms with van der Waals surface area (Å²) in [6, 6.07) is 1.86. The van der Waals surface area contributed by atoms with Gasteiger partial charge < -0.3 is 19.9 Å². The zero-order chi connectivity index (χ0) is 13.0. The van der Waals surface area contributed by atoms with Crippen molar-refractivity contribution in [2.45, 2.75) is 13.5 Å². The Kier molecular flexibility index (Phi) is 3.61. The Bertz CT molecular complexity index is 526. The van der Waals surface area contributed by atoms with Gasteiger partial charge in [-0.05, 0) is 6.92 Å². The quantitative estimate of drug-likeness (QED) is 0.829. The summed E-state index contributed by atoms with van der Waals surface area (Å²) >= 11 is 0. The highest BCUT2D eigenvalue weighted by molar-refractivity contribution is 5.63. The molecule has 2 N–H and O–H groups in total. The largest absolute Gasteiger partial charge is 0.490 e. The molecule has 0 aromatic carbocycles. The first-order chi connectivity index (χ1) is 8.74. The van der Waals surface area contributed by atoms with Crippen LogP contribution in [0.5, 0.6) is 5.75 Å². The van der Waals surface area contributed by atoms with Crippen molar-refractivity contribution in [1.29, 1.82) is 0 Å². The van der Waals surface area contributed by atoms with Crippen LogP contribution in [0, 0.1) is 6.92 Å². The van der Waals surface area contributed by atoms with Gasteiger partial charge in [0.1, 0.15) is 17.8 Å². The Hall–Kier alpha value is -2.31. The molecule has 0 aliphatic carbocycles. The first kappa shape index (κ1) is 12.2. The number of methoxy groups -OCH3 is 1. The Morgan fingerprint density at radius 3 is 2.72 bits per heavy atom. The van der Waals surface area contributed by atoms with Crippen LogP contribution in [0.3, 0.4) is 0 Å². The number of nitrogens with zero attached hydrogens (tertiary/aromatic N) is 3. The van der Waals surface area contributed by atoms with Crippen LogP contribution in [0.4, 0.5) is 11.6 Å². The maximum Gasteiger partial charge on any atom is 0.204 e. The Morgan fingerprint density at radius 1 is 1.33 bits per heavy atom. The van der Waals surface area contributed by atoms with Gasteiger partial charge >= 0.3 is 0 Å². The molecule has 0 atom stereocenters. The molecule has 0 aliphatic rings. The average molecular weight is 249 g/mol. The SMILES string of the molecule is CNc1ncnc(NCc2cc(C)on2)c1OC. The summed E-state index contributed by atoms with van der Waals surface area (Å²) in [5.74, 6) is 2.58. The summed E-state index contributed by atoms with van der Waals surface area (Å²) in [5, 5.41) is 9.96. The van der Waals surface area contributed by atoms with Crippen molar-refractivity contribution in [3.8, 4) is 5.75 Å². The van der Waals surface area contributed by atoms with Crippen LogP contribution in [-0.2, 0) is 6.54 Å². The van der Waals surface area contributed by atoms with E-state index >= 15 is 0 Å². The van der Waals surface area contributed by atoms with E-state index in [0.717, 1.165) is 11.5 Å². The van der Waals surface area contributed by atoms with Gasteiger partial charge in [-0.1, -0.05) is 5.16 Å². The third-order valence-corrected chi connectivity index (χ3v) is 2.36. The molecule has 0 unspecified atom stereocenters. The molecule has 0 saturated carbocycles. The van der Waals surface area contributed by atoms with Crippen molar-refractivity contribution in [2.24, 2.45) is 0 Å². The minimum absolute atomic E-state index is 0.508. The predicted octanol–water partition coefficient (Wildman–Crippen LogP) is 1.44. The smallest absolute Gasteiger partial charge is 0.204 e. The molecule has 7 nitrogen and oxygen atoms in total. The monoisotopic (exact) mass is 249 g/mol. The number of anilines is 2. The predicted molar refractivity (Wildman–Crippen MR) is 66.7 cm³/mol. The molecule has 7 heteroatoms. The van der Waals surface area contributed by atoms with Gasteiger partial charge in [0.2, 0.25) is 5.75 Å². The molecule has 2 heterocycles. The number of rotatable bonds is 5. The third kappa shape index (κ3) is 2.50. The van der Waals surface area contributed by atoms with Gasteiger partial charge in [0.05, 0.1) is 13.7 Å². The number of aryl methyl sites for hydroxylation is 1. The normalized spacial score (nSPS) is 10.2. The van der Waals surface area contributed by atoms with Gasteiger partial charge in [0, 0.05) is 13.1 Å². The van der Waals surface area contributed by atoms with Crippen molar-refractivity contribution < 1.29 is 9.26 Å². The second-order valence-corrected chi connectivity index (χ2v) is 3.64. The van der Waals surface area contributed by atoms with E-state index in [0.29, 0.717) is 23.9 Å². The van der Waals surface area contributed by atoms with Crippen molar-refractivity contribution in [3.05, 3.63) is 23.8 Å². The summed E-state index contributed by atoms with van der Waals surface area (Å²) in [5.41, 5.74) is 0.805. The van der Waals surface area contributed by atoms with E-state index < -0.39 is 0 Å². The topological polar surface area (TPSA) is 85.1 Å². The van der Waals surface area contributed by atoms with Crippen LogP contribution in [0.25, 0.3) is 0 Å². The number of hydrogen-bond acceptors (Lipinski definition) is 7. The second kappa shape index (κ2) is 5.35. The summed E-state index contributed by atoms with van der Waals surface area (Å²) in [7, 11) is 3.35. The van der Waals surface area contributed by atoms with Crippen LogP contribution in [0.1, 0.15) is 11.5 Å². The Balaban J connectivity index is 2.13. The molecule has 0 fully saturated rings. The standard InChI is InChI=1S/C11H15N5O2/c1-7-4-8(16-18-7)5-13-11-9(17-3)10(12-2)14-6-15-11/h4,6H,5H2,1-3H3,(H2,12,13,14,15). The summed E-state index contributed by atoms with van der Waals surface area (Å²) in [6.07, 6.45) is 1.46. The highest BCUT2D eigenvalue weighted by atomic mass is 16.5. The molecule has 0 spiro atoms. The van der Waals surface area contributed by atoms with Crippen LogP contribution in [0.15, 0.2) is 16.9 Å². The van der Waals surface area contributed by atoms with Crippen LogP contribution < -0.4 is 15.4 Å². The fraction of sp³-hybridized carbons (Fsp3) is 0.364. The lowest BCUT2D eigenvalue weighted by molar-refractivity contribution is 0.391. The summed E-state index contributed by atoms with van der Waals surface area (Å²) in [4.78, 5) is 8.20. The molecule has 0 radical (unpaired) electrons. The lowest BCUT2D eigenvalue weighted by Gasteiger charge is -2.11. The van der Waals surface area contributed by atoms with Gasteiger partial charge in [0.15, 0.2) is 11.6 Å². The van der Waals surface area contributed by atoms with Gasteiger partial charge in [-0.3, -0.25) is 0 Å². The van der Waals surface area contributed by atoms with Gasteiger partial charge in [-0.15, -0.1) is 0 Å². The van der Waals surface area contributed by atoms with E-state index in [1.54, 1.807) is 14.2 Å². The minimum Gasteiger partial charge on any atom is -0.490 e. The van der Waals surface area contributed by atoms with Gasteiger partial charge in [-0.2, -0.15) is 0 Å². The van der Waals surface area contributed by atoms with Crippen molar-refractivity contribution >= 4 is 11.6 Å². The molecule has 0 bridgehead atoms. The number of ether oxygens (including phenoxy) is 1. The van der Waals surface area contributed by atoms with Crippen molar-refractivity contribution in [1.82, 2.24) is 15.1 Å². The van der Waals surface area contributed by atoms with Gasteiger partial charge in [-0.25, -0.2) is 9.97 Å². The van der Waals surface area contributed by atoms with E-state index in [1.165, 1.54) is 6.33 Å². The van der Waals surface area contributed by atoms with E-state index in [9.17, 15) is 0 Å². The first-order valence-corrected chi connectivity index (χ1v) is 5.47. The van der Waals surface area contributed by atoms with Crippen molar-refractivity contribution in [2.75, 3.05) is 24.8 Å². The van der Waals surface area contributed by atoms with E-state index in [4.69, 9.17) is 9.26 Å². The molecule has 2 rings (SSSR count). The van der Waals surface area contributed by atoms with E-state index in [1.807, 2.05) is 13.0 Å². The highest BCUT2D eigenvalue weighted by Gasteiger charge is 2.11. The second-order valence-electron chi connectivity index (χ2n) is 3.64. The molecular weight excluding hydrogens is 234 g/mol. The zero-order valence-electron chi connectivity index (χ0n) is 10.5. The van der Waals surface area contributed by atoms with Crippen LogP contribution in [0.2, 0.25) is 0 Å². The molecule has 0 saturated heterocycles. The molecule has 2 aromatic heterocycles. The summed E-state index contributed by atoms with van der Waals surface area (Å²) < 4.78 is 10.3. The Labute approximate surface area is 105 Å². The fourth-order valence-corrected chi connectivity index (χ4v) is 1.55. The summed E-state index contributed by atoms with van der Waals surface area (Å²) in [6.45, 7) is 2.36. The fourth-order valence-electron chi connectivity index (χ4n) is 1.55. The highest BCUT2D eigenvalue weighted by Crippen LogP contribution is 2.28. The van der Waals surface area contributed by atoms with Crippen LogP contribution in [-0.4, -0.2) is 29.3 Å². The Morgan fingerprint density at radius 2 is 2.11 bits per heavy atom. The first-order valence-electron chi connectivity index (χ1n) is 5.47. The van der Waals surface area contributed by atoms with E-state index in [-0.39, 0.29) is 0 Å². The van der Waals surface area contributed by atoms with Gasteiger partial charge in [0.25, 0.3) is 0 Å². The number of aromatic nitrogens is 3. The minimum atomic E-state index is 0.508. The maximum absolute atomic E-state index is 5.27.